The van der Waals surface area contributed by atoms with Gasteiger partial charge >= 0.3 is 0 Å². The van der Waals surface area contributed by atoms with E-state index in [0.717, 1.165) is 5.56 Å². The fourth-order valence-corrected chi connectivity index (χ4v) is 2.30. The maximum atomic E-state index is 14.1. The van der Waals surface area contributed by atoms with Gasteiger partial charge in [0.2, 0.25) is 0 Å². The van der Waals surface area contributed by atoms with Gasteiger partial charge in [0.05, 0.1) is 12.8 Å². The fourth-order valence-electron chi connectivity index (χ4n) is 2.30. The van der Waals surface area contributed by atoms with Crippen LogP contribution in [-0.2, 0) is 6.54 Å². The van der Waals surface area contributed by atoms with Gasteiger partial charge in [0.25, 0.3) is 0 Å². The predicted octanol–water partition coefficient (Wildman–Crippen LogP) is 2.54. The molecule has 2 N–H and O–H groups in total. The molecule has 3 rings (SSSR count). The van der Waals surface area contributed by atoms with Gasteiger partial charge in [-0.2, -0.15) is 0 Å². The summed E-state index contributed by atoms with van der Waals surface area (Å²) in [6, 6.07) is 13.8. The van der Waals surface area contributed by atoms with Crippen LogP contribution < -0.4 is 10.5 Å². The monoisotopic (exact) mass is 298 g/mol. The van der Waals surface area contributed by atoms with E-state index in [4.69, 9.17) is 10.5 Å². The van der Waals surface area contributed by atoms with Gasteiger partial charge in [-0.05, 0) is 24.3 Å². The number of rotatable bonds is 4. The molecule has 112 valence electrons. The van der Waals surface area contributed by atoms with Gasteiger partial charge < -0.3 is 10.5 Å². The molecule has 3 aromatic rings. The van der Waals surface area contributed by atoms with Crippen LogP contribution in [0.1, 0.15) is 5.69 Å². The molecule has 5 nitrogen and oxygen atoms in total. The Bertz CT molecular complexity index is 800. The Labute approximate surface area is 127 Å². The molecule has 1 heterocycles. The number of aromatic nitrogens is 3. The van der Waals surface area contributed by atoms with E-state index in [1.165, 1.54) is 10.7 Å². The molecule has 6 heteroatoms. The van der Waals surface area contributed by atoms with Gasteiger partial charge in [0, 0.05) is 12.1 Å². The van der Waals surface area contributed by atoms with Gasteiger partial charge in [0.15, 0.2) is 0 Å². The summed E-state index contributed by atoms with van der Waals surface area (Å²) in [4.78, 5) is 0. The highest BCUT2D eigenvalue weighted by molar-refractivity contribution is 5.66. The van der Waals surface area contributed by atoms with Crippen molar-refractivity contribution in [3.63, 3.8) is 0 Å². The van der Waals surface area contributed by atoms with Crippen molar-refractivity contribution in [2.45, 2.75) is 6.54 Å². The van der Waals surface area contributed by atoms with Gasteiger partial charge in [-0.1, -0.05) is 29.5 Å². The van der Waals surface area contributed by atoms with E-state index in [2.05, 4.69) is 10.3 Å². The molecule has 2 aromatic carbocycles. The van der Waals surface area contributed by atoms with Crippen molar-refractivity contribution in [2.75, 3.05) is 7.11 Å². The summed E-state index contributed by atoms with van der Waals surface area (Å²) < 4.78 is 20.8. The van der Waals surface area contributed by atoms with Crippen molar-refractivity contribution in [1.29, 1.82) is 0 Å². The van der Waals surface area contributed by atoms with E-state index in [9.17, 15) is 4.39 Å². The van der Waals surface area contributed by atoms with E-state index in [-0.39, 0.29) is 12.4 Å². The number of nitrogens with two attached hydrogens (primary N) is 1. The van der Waals surface area contributed by atoms with E-state index < -0.39 is 0 Å². The van der Waals surface area contributed by atoms with E-state index in [0.29, 0.717) is 22.8 Å². The third kappa shape index (κ3) is 2.44. The first kappa shape index (κ1) is 14.2. The summed E-state index contributed by atoms with van der Waals surface area (Å²) in [6.07, 6.45) is 0. The molecule has 0 spiro atoms. The molecule has 0 aliphatic rings. The Morgan fingerprint density at radius 2 is 2.00 bits per heavy atom. The SMILES string of the molecule is COc1cccc(-c2c(CN)nnn2-c2ccccc2F)c1. The minimum absolute atomic E-state index is 0.209. The number of benzene rings is 2. The topological polar surface area (TPSA) is 66.0 Å². The van der Waals surface area contributed by atoms with Gasteiger partial charge in [-0.15, -0.1) is 5.10 Å². The average Bonchev–Trinajstić information content (AvgIpc) is 2.99. The lowest BCUT2D eigenvalue weighted by Gasteiger charge is -2.10. The lowest BCUT2D eigenvalue weighted by molar-refractivity contribution is 0.415. The third-order valence-electron chi connectivity index (χ3n) is 3.36. The van der Waals surface area contributed by atoms with Crippen LogP contribution in [0.5, 0.6) is 5.75 Å². The van der Waals surface area contributed by atoms with Gasteiger partial charge in [0.1, 0.15) is 22.9 Å². The molecule has 0 amide bonds. The Kier molecular flexibility index (Phi) is 3.84. The average molecular weight is 298 g/mol. The summed E-state index contributed by atoms with van der Waals surface area (Å²) in [7, 11) is 1.59. The highest BCUT2D eigenvalue weighted by Crippen LogP contribution is 2.28. The van der Waals surface area contributed by atoms with Crippen LogP contribution in [-0.4, -0.2) is 22.1 Å². The van der Waals surface area contributed by atoms with E-state index >= 15 is 0 Å². The van der Waals surface area contributed by atoms with Crippen molar-refractivity contribution >= 4 is 0 Å². The van der Waals surface area contributed by atoms with Crippen LogP contribution >= 0.6 is 0 Å². The molecule has 0 bridgehead atoms. The van der Waals surface area contributed by atoms with Crippen LogP contribution in [0.15, 0.2) is 48.5 Å². The first-order valence-electron chi connectivity index (χ1n) is 6.78. The smallest absolute Gasteiger partial charge is 0.148 e. The Morgan fingerprint density at radius 3 is 2.73 bits per heavy atom. The number of nitrogens with zero attached hydrogens (tertiary/aromatic N) is 3. The second-order valence-electron chi connectivity index (χ2n) is 4.68. The fraction of sp³-hybridized carbons (Fsp3) is 0.125. The number of hydrogen-bond acceptors (Lipinski definition) is 4. The van der Waals surface area contributed by atoms with Crippen LogP contribution in [0.4, 0.5) is 4.39 Å². The molecule has 0 fully saturated rings. The second kappa shape index (κ2) is 5.95. The lowest BCUT2D eigenvalue weighted by atomic mass is 10.1. The highest BCUT2D eigenvalue weighted by Gasteiger charge is 2.17. The maximum absolute atomic E-state index is 14.1. The summed E-state index contributed by atoms with van der Waals surface area (Å²) in [5.41, 5.74) is 8.14. The molecular weight excluding hydrogens is 283 g/mol. The molecule has 22 heavy (non-hydrogen) atoms. The molecule has 0 atom stereocenters. The van der Waals surface area contributed by atoms with E-state index in [1.807, 2.05) is 24.3 Å². The minimum atomic E-state index is -0.375. The number of para-hydroxylation sites is 1. The summed E-state index contributed by atoms with van der Waals surface area (Å²) >= 11 is 0. The number of halogens is 1. The molecule has 0 unspecified atom stereocenters. The number of ether oxygens (including phenoxy) is 1. The van der Waals surface area contributed by atoms with Crippen LogP contribution in [0.25, 0.3) is 16.9 Å². The molecule has 0 saturated carbocycles. The zero-order valence-corrected chi connectivity index (χ0v) is 12.0. The molecule has 0 radical (unpaired) electrons. The van der Waals surface area contributed by atoms with Crippen LogP contribution in [0, 0.1) is 5.82 Å². The summed E-state index contributed by atoms with van der Waals surface area (Å²) in [5, 5.41) is 8.12. The molecule has 1 aromatic heterocycles. The third-order valence-corrected chi connectivity index (χ3v) is 3.36. The van der Waals surface area contributed by atoms with Crippen molar-refractivity contribution in [2.24, 2.45) is 5.73 Å². The number of methoxy groups -OCH3 is 1. The predicted molar refractivity (Wildman–Crippen MR) is 81.2 cm³/mol. The minimum Gasteiger partial charge on any atom is -0.497 e. The number of hydrogen-bond donors (Lipinski definition) is 1. The normalized spacial score (nSPS) is 10.7. The van der Waals surface area contributed by atoms with Crippen molar-refractivity contribution in [3.05, 3.63) is 60.0 Å². The van der Waals surface area contributed by atoms with Crippen LogP contribution in [0.3, 0.4) is 0 Å². The Hall–Kier alpha value is -2.73. The lowest BCUT2D eigenvalue weighted by Crippen LogP contribution is -2.04. The second-order valence-corrected chi connectivity index (χ2v) is 4.68. The van der Waals surface area contributed by atoms with Gasteiger partial charge in [-0.25, -0.2) is 9.07 Å². The zero-order chi connectivity index (χ0) is 15.5. The summed E-state index contributed by atoms with van der Waals surface area (Å²) in [5.74, 6) is 0.321. The molecule has 0 aliphatic carbocycles. The Morgan fingerprint density at radius 1 is 1.18 bits per heavy atom. The van der Waals surface area contributed by atoms with E-state index in [1.54, 1.807) is 25.3 Å². The standard InChI is InChI=1S/C16H15FN4O/c1-22-12-6-4-5-11(9-12)16-14(10-18)19-20-21(16)15-8-3-2-7-13(15)17/h2-9H,10,18H2,1H3. The molecule has 0 saturated heterocycles. The van der Waals surface area contributed by atoms with Crippen molar-refractivity contribution in [3.8, 4) is 22.7 Å². The molecule has 0 aliphatic heterocycles. The van der Waals surface area contributed by atoms with Crippen molar-refractivity contribution < 1.29 is 9.13 Å². The summed E-state index contributed by atoms with van der Waals surface area (Å²) in [6.45, 7) is 0.209. The largest absolute Gasteiger partial charge is 0.497 e. The van der Waals surface area contributed by atoms with Crippen LogP contribution in [0.2, 0.25) is 0 Å². The Balaban J connectivity index is 2.22. The van der Waals surface area contributed by atoms with Gasteiger partial charge in [-0.3, -0.25) is 0 Å². The molecular formula is C16H15FN4O. The maximum Gasteiger partial charge on any atom is 0.148 e. The van der Waals surface area contributed by atoms with Crippen molar-refractivity contribution in [1.82, 2.24) is 15.0 Å². The zero-order valence-electron chi connectivity index (χ0n) is 12.0. The quantitative estimate of drug-likeness (QED) is 0.804. The highest BCUT2D eigenvalue weighted by atomic mass is 19.1. The first-order chi connectivity index (χ1) is 10.7. The first-order valence-corrected chi connectivity index (χ1v) is 6.78.